The molecular formula is C20H32F2N4O3. The molecule has 0 fully saturated rings. The molecule has 7 nitrogen and oxygen atoms in total. The summed E-state index contributed by atoms with van der Waals surface area (Å²) in [6.07, 6.45) is 0.808. The molecule has 3 N–H and O–H groups in total. The van der Waals surface area contributed by atoms with Crippen molar-refractivity contribution in [3.05, 3.63) is 23.8 Å². The summed E-state index contributed by atoms with van der Waals surface area (Å²) in [4.78, 5) is 16.2. The van der Waals surface area contributed by atoms with E-state index in [9.17, 15) is 13.6 Å². The second-order valence-corrected chi connectivity index (χ2v) is 7.02. The van der Waals surface area contributed by atoms with Gasteiger partial charge in [0, 0.05) is 38.3 Å². The van der Waals surface area contributed by atoms with Crippen LogP contribution in [0.15, 0.2) is 23.2 Å². The Morgan fingerprint density at radius 3 is 2.52 bits per heavy atom. The predicted octanol–water partition coefficient (Wildman–Crippen LogP) is 2.90. The zero-order chi connectivity index (χ0) is 21.9. The predicted molar refractivity (Wildman–Crippen MR) is 110 cm³/mol. The summed E-state index contributed by atoms with van der Waals surface area (Å²) in [7, 11) is 1.59. The number of amides is 1. The molecule has 0 aliphatic carbocycles. The van der Waals surface area contributed by atoms with Gasteiger partial charge in [-0.2, -0.15) is 8.78 Å². The summed E-state index contributed by atoms with van der Waals surface area (Å²) in [5.74, 6) is 0.881. The van der Waals surface area contributed by atoms with Crippen molar-refractivity contribution in [3.63, 3.8) is 0 Å². The van der Waals surface area contributed by atoms with E-state index >= 15 is 0 Å². The molecule has 0 saturated carbocycles. The molecule has 0 aromatic heterocycles. The zero-order valence-electron chi connectivity index (χ0n) is 17.8. The van der Waals surface area contributed by atoms with Gasteiger partial charge in [-0.05, 0) is 39.3 Å². The van der Waals surface area contributed by atoms with Crippen LogP contribution in [0, 0.1) is 5.41 Å². The molecule has 1 rings (SSSR count). The van der Waals surface area contributed by atoms with Crippen LogP contribution in [0.3, 0.4) is 0 Å². The van der Waals surface area contributed by atoms with Gasteiger partial charge in [-0.25, -0.2) is 0 Å². The first kappa shape index (κ1) is 24.5. The quantitative estimate of drug-likeness (QED) is 0.383. The number of halogens is 2. The van der Waals surface area contributed by atoms with Gasteiger partial charge in [-0.3, -0.25) is 9.79 Å². The van der Waals surface area contributed by atoms with E-state index < -0.39 is 12.0 Å². The fourth-order valence-electron chi connectivity index (χ4n) is 2.38. The smallest absolute Gasteiger partial charge is 0.387 e. The third kappa shape index (κ3) is 8.53. The summed E-state index contributed by atoms with van der Waals surface area (Å²) in [5, 5.41) is 8.92. The first-order valence-electron chi connectivity index (χ1n) is 9.66. The summed E-state index contributed by atoms with van der Waals surface area (Å²) in [5.41, 5.74) is -0.115. The summed E-state index contributed by atoms with van der Waals surface area (Å²) < 4.78 is 35.7. The van der Waals surface area contributed by atoms with Crippen LogP contribution in [-0.4, -0.2) is 45.2 Å². The molecule has 0 aliphatic heterocycles. The average Bonchev–Trinajstić information content (AvgIpc) is 2.67. The van der Waals surface area contributed by atoms with E-state index in [1.54, 1.807) is 19.2 Å². The Morgan fingerprint density at radius 2 is 1.93 bits per heavy atom. The van der Waals surface area contributed by atoms with E-state index in [0.29, 0.717) is 37.0 Å². The van der Waals surface area contributed by atoms with Crippen molar-refractivity contribution in [2.24, 2.45) is 10.4 Å². The number of hydrogen-bond donors (Lipinski definition) is 3. The van der Waals surface area contributed by atoms with Gasteiger partial charge in [0.1, 0.15) is 11.5 Å². The third-order valence-corrected chi connectivity index (χ3v) is 4.05. The molecular weight excluding hydrogens is 382 g/mol. The number of nitrogens with one attached hydrogen (secondary N) is 3. The number of hydrogen-bond acceptors (Lipinski definition) is 4. The number of alkyl halides is 2. The van der Waals surface area contributed by atoms with Crippen LogP contribution in [0.1, 0.15) is 39.7 Å². The highest BCUT2D eigenvalue weighted by Gasteiger charge is 2.27. The van der Waals surface area contributed by atoms with E-state index in [1.807, 2.05) is 27.7 Å². The molecule has 164 valence electrons. The summed E-state index contributed by atoms with van der Waals surface area (Å²) in [6.45, 7) is 6.12. The fourth-order valence-corrected chi connectivity index (χ4v) is 2.38. The number of guanidine groups is 1. The van der Waals surface area contributed by atoms with E-state index in [-0.39, 0.29) is 18.2 Å². The highest BCUT2D eigenvalue weighted by molar-refractivity contribution is 5.84. The van der Waals surface area contributed by atoms with Crippen molar-refractivity contribution in [1.82, 2.24) is 16.0 Å². The second kappa shape index (κ2) is 12.1. The summed E-state index contributed by atoms with van der Waals surface area (Å²) in [6, 6.07) is 4.83. The van der Waals surface area contributed by atoms with Crippen molar-refractivity contribution in [3.8, 4) is 11.5 Å². The number of rotatable bonds is 11. The SMILES string of the molecule is CCCOc1ccc(CNC(=NC)NCC(C)(C)C(=O)NCC)c(OC(F)F)c1. The molecule has 1 aromatic carbocycles. The first-order valence-corrected chi connectivity index (χ1v) is 9.66. The van der Waals surface area contributed by atoms with Gasteiger partial charge in [0.2, 0.25) is 5.91 Å². The molecule has 0 saturated heterocycles. The molecule has 0 heterocycles. The minimum absolute atomic E-state index is 0.0409. The lowest BCUT2D eigenvalue weighted by Crippen LogP contribution is -2.47. The number of carbonyl (C=O) groups excluding carboxylic acids is 1. The van der Waals surface area contributed by atoms with Crippen LogP contribution >= 0.6 is 0 Å². The maximum Gasteiger partial charge on any atom is 0.387 e. The molecule has 1 aromatic rings. The largest absolute Gasteiger partial charge is 0.493 e. The van der Waals surface area contributed by atoms with E-state index in [1.165, 1.54) is 6.07 Å². The average molecular weight is 414 g/mol. The van der Waals surface area contributed by atoms with Gasteiger partial charge < -0.3 is 25.4 Å². The van der Waals surface area contributed by atoms with Crippen molar-refractivity contribution in [2.45, 2.75) is 47.3 Å². The Bertz CT molecular complexity index is 682. The molecule has 0 spiro atoms. The van der Waals surface area contributed by atoms with E-state index in [0.717, 1.165) is 6.42 Å². The maximum absolute atomic E-state index is 12.8. The van der Waals surface area contributed by atoms with Crippen LogP contribution in [0.25, 0.3) is 0 Å². The van der Waals surface area contributed by atoms with E-state index in [2.05, 4.69) is 25.7 Å². The van der Waals surface area contributed by atoms with Crippen molar-refractivity contribution < 1.29 is 23.0 Å². The van der Waals surface area contributed by atoms with Crippen LogP contribution in [-0.2, 0) is 11.3 Å². The number of aliphatic imine (C=N–C) groups is 1. The highest BCUT2D eigenvalue weighted by atomic mass is 19.3. The minimum atomic E-state index is -2.94. The number of nitrogens with zero attached hydrogens (tertiary/aromatic N) is 1. The highest BCUT2D eigenvalue weighted by Crippen LogP contribution is 2.26. The fraction of sp³-hybridized carbons (Fsp3) is 0.600. The third-order valence-electron chi connectivity index (χ3n) is 4.05. The van der Waals surface area contributed by atoms with Crippen LogP contribution in [0.5, 0.6) is 11.5 Å². The Labute approximate surface area is 171 Å². The summed E-state index contributed by atoms with van der Waals surface area (Å²) >= 11 is 0. The molecule has 29 heavy (non-hydrogen) atoms. The number of benzene rings is 1. The molecule has 0 unspecified atom stereocenters. The van der Waals surface area contributed by atoms with Crippen LogP contribution in [0.2, 0.25) is 0 Å². The van der Waals surface area contributed by atoms with Gasteiger partial charge in [0.05, 0.1) is 12.0 Å². The first-order chi connectivity index (χ1) is 13.7. The zero-order valence-corrected chi connectivity index (χ0v) is 17.8. The Kier molecular flexibility index (Phi) is 10.2. The lowest BCUT2D eigenvalue weighted by atomic mass is 9.92. The van der Waals surface area contributed by atoms with Crippen LogP contribution in [0.4, 0.5) is 8.78 Å². The van der Waals surface area contributed by atoms with Crippen molar-refractivity contribution >= 4 is 11.9 Å². The normalized spacial score (nSPS) is 11.9. The molecule has 0 radical (unpaired) electrons. The lowest BCUT2D eigenvalue weighted by Gasteiger charge is -2.25. The van der Waals surface area contributed by atoms with Gasteiger partial charge in [0.25, 0.3) is 0 Å². The van der Waals surface area contributed by atoms with Gasteiger partial charge >= 0.3 is 6.61 Å². The van der Waals surface area contributed by atoms with Crippen molar-refractivity contribution in [2.75, 3.05) is 26.7 Å². The molecule has 0 aliphatic rings. The lowest BCUT2D eigenvalue weighted by molar-refractivity contribution is -0.128. The van der Waals surface area contributed by atoms with Gasteiger partial charge in [-0.1, -0.05) is 6.92 Å². The van der Waals surface area contributed by atoms with Gasteiger partial charge in [-0.15, -0.1) is 0 Å². The Morgan fingerprint density at radius 1 is 1.21 bits per heavy atom. The monoisotopic (exact) mass is 414 g/mol. The van der Waals surface area contributed by atoms with E-state index in [4.69, 9.17) is 4.74 Å². The minimum Gasteiger partial charge on any atom is -0.493 e. The molecule has 1 amide bonds. The van der Waals surface area contributed by atoms with Crippen molar-refractivity contribution in [1.29, 1.82) is 0 Å². The number of carbonyl (C=O) groups is 1. The van der Waals surface area contributed by atoms with Gasteiger partial charge in [0.15, 0.2) is 5.96 Å². The van der Waals surface area contributed by atoms with Crippen LogP contribution < -0.4 is 25.4 Å². The molecule has 0 atom stereocenters. The maximum atomic E-state index is 12.8. The Balaban J connectivity index is 2.76. The Hall–Kier alpha value is -2.58. The molecule has 9 heteroatoms. The standard InChI is InChI=1S/C20H32F2N4O3/c1-6-10-28-15-9-8-14(16(11-15)29-18(21)22)12-25-19(23-5)26-13-20(3,4)17(27)24-7-2/h8-9,11,18H,6-7,10,12-13H2,1-5H3,(H,24,27)(H2,23,25,26). The number of ether oxygens (including phenoxy) is 2. The molecule has 0 bridgehead atoms. The topological polar surface area (TPSA) is 84.0 Å². The second-order valence-electron chi connectivity index (χ2n) is 7.02.